The van der Waals surface area contributed by atoms with E-state index < -0.39 is 0 Å². The van der Waals surface area contributed by atoms with Gasteiger partial charge < -0.3 is 10.2 Å². The van der Waals surface area contributed by atoms with E-state index in [0.29, 0.717) is 0 Å². The van der Waals surface area contributed by atoms with Gasteiger partial charge in [0.1, 0.15) is 0 Å². The molecule has 0 aliphatic carbocycles. The van der Waals surface area contributed by atoms with Gasteiger partial charge in [0.25, 0.3) is 0 Å². The molecule has 0 aromatic rings. The zero-order chi connectivity index (χ0) is 8.15. The molecule has 2 nitrogen and oxygen atoms in total. The lowest BCUT2D eigenvalue weighted by Gasteiger charge is -2.22. The van der Waals surface area contributed by atoms with Crippen LogP contribution in [0.4, 0.5) is 0 Å². The van der Waals surface area contributed by atoms with Crippen molar-refractivity contribution >= 4 is 0 Å². The Hall–Kier alpha value is -0.0800. The summed E-state index contributed by atoms with van der Waals surface area (Å²) >= 11 is 0. The van der Waals surface area contributed by atoms with Crippen molar-refractivity contribution in [2.75, 3.05) is 6.61 Å². The predicted molar refractivity (Wildman–Crippen MR) is 41.7 cm³/mol. The fourth-order valence-corrected chi connectivity index (χ4v) is 0.917. The highest BCUT2D eigenvalue weighted by Crippen LogP contribution is 2.16. The van der Waals surface area contributed by atoms with Gasteiger partial charge in [0.2, 0.25) is 0 Å². The molecule has 0 bridgehead atoms. The van der Waals surface area contributed by atoms with E-state index >= 15 is 0 Å². The number of aliphatic hydroxyl groups is 2. The van der Waals surface area contributed by atoms with Crippen molar-refractivity contribution in [1.82, 2.24) is 0 Å². The molecule has 0 amide bonds. The van der Waals surface area contributed by atoms with Crippen LogP contribution in [0.3, 0.4) is 0 Å². The zero-order valence-corrected chi connectivity index (χ0v) is 7.04. The van der Waals surface area contributed by atoms with Crippen LogP contribution in [0, 0.1) is 11.8 Å². The molecule has 0 aromatic carbocycles. The number of aliphatic hydroxyl groups excluding tert-OH is 2. The first-order valence-electron chi connectivity index (χ1n) is 3.92. The van der Waals surface area contributed by atoms with E-state index in [1.165, 1.54) is 0 Å². The monoisotopic (exact) mass is 146 g/mol. The molecule has 62 valence electrons. The lowest BCUT2D eigenvalue weighted by Crippen LogP contribution is -2.25. The summed E-state index contributed by atoms with van der Waals surface area (Å²) in [5.74, 6) is 0.407. The normalized spacial score (nSPS) is 20.1. The Balaban J connectivity index is 3.69. The van der Waals surface area contributed by atoms with Crippen molar-refractivity contribution in [2.24, 2.45) is 11.8 Å². The van der Waals surface area contributed by atoms with Crippen LogP contribution in [0.2, 0.25) is 0 Å². The molecule has 10 heavy (non-hydrogen) atoms. The summed E-state index contributed by atoms with van der Waals surface area (Å²) in [4.78, 5) is 0. The number of hydrogen-bond donors (Lipinski definition) is 2. The summed E-state index contributed by atoms with van der Waals surface area (Å²) in [6.07, 6.45) is 0.507. The highest BCUT2D eigenvalue weighted by atomic mass is 16.3. The summed E-state index contributed by atoms with van der Waals surface area (Å²) < 4.78 is 0. The Kier molecular flexibility index (Phi) is 4.65. The van der Waals surface area contributed by atoms with E-state index in [1.54, 1.807) is 0 Å². The maximum Gasteiger partial charge on any atom is 0.0566 e. The standard InChI is InChI=1S/C8H18O2/c1-4-8(10)7(3)6(2)5-9/h6-10H,4-5H2,1-3H3/t6?,7-,8+/m1/s1. The van der Waals surface area contributed by atoms with Gasteiger partial charge in [0, 0.05) is 6.61 Å². The van der Waals surface area contributed by atoms with Crippen molar-refractivity contribution in [3.05, 3.63) is 0 Å². The molecular weight excluding hydrogens is 128 g/mol. The highest BCUT2D eigenvalue weighted by molar-refractivity contribution is 4.67. The highest BCUT2D eigenvalue weighted by Gasteiger charge is 2.17. The maximum absolute atomic E-state index is 9.32. The minimum absolute atomic E-state index is 0.165. The minimum atomic E-state index is -0.262. The zero-order valence-electron chi connectivity index (χ0n) is 7.04. The lowest BCUT2D eigenvalue weighted by atomic mass is 9.90. The Morgan fingerprint density at radius 3 is 2.10 bits per heavy atom. The van der Waals surface area contributed by atoms with Gasteiger partial charge in [-0.3, -0.25) is 0 Å². The molecule has 0 aliphatic heterocycles. The second kappa shape index (κ2) is 4.69. The van der Waals surface area contributed by atoms with Crippen LogP contribution < -0.4 is 0 Å². The Morgan fingerprint density at radius 1 is 1.30 bits per heavy atom. The molecule has 0 aliphatic rings. The maximum atomic E-state index is 9.32. The van der Waals surface area contributed by atoms with Crippen LogP contribution in [0.5, 0.6) is 0 Å². The Bertz CT molecular complexity index is 73.3. The van der Waals surface area contributed by atoms with Gasteiger partial charge >= 0.3 is 0 Å². The van der Waals surface area contributed by atoms with E-state index in [1.807, 2.05) is 20.8 Å². The predicted octanol–water partition coefficient (Wildman–Crippen LogP) is 1.02. The molecule has 0 radical (unpaired) electrons. The summed E-state index contributed by atoms with van der Waals surface area (Å²) in [5.41, 5.74) is 0. The molecule has 0 saturated heterocycles. The first-order chi connectivity index (χ1) is 4.63. The van der Waals surface area contributed by atoms with Gasteiger partial charge in [-0.05, 0) is 18.3 Å². The van der Waals surface area contributed by atoms with Crippen LogP contribution in [-0.2, 0) is 0 Å². The fraction of sp³-hybridized carbons (Fsp3) is 1.00. The van der Waals surface area contributed by atoms with Gasteiger partial charge in [0.05, 0.1) is 6.10 Å². The Labute approximate surface area is 62.9 Å². The summed E-state index contributed by atoms with van der Waals surface area (Å²) in [5, 5.41) is 18.1. The third-order valence-electron chi connectivity index (χ3n) is 2.21. The smallest absolute Gasteiger partial charge is 0.0566 e. The van der Waals surface area contributed by atoms with E-state index in [2.05, 4.69) is 0 Å². The second-order valence-electron chi connectivity index (χ2n) is 2.99. The van der Waals surface area contributed by atoms with Crippen molar-refractivity contribution in [2.45, 2.75) is 33.3 Å². The van der Waals surface area contributed by atoms with Crippen molar-refractivity contribution in [3.8, 4) is 0 Å². The van der Waals surface area contributed by atoms with E-state index in [-0.39, 0.29) is 24.5 Å². The summed E-state index contributed by atoms with van der Waals surface area (Å²) in [6, 6.07) is 0. The van der Waals surface area contributed by atoms with Crippen molar-refractivity contribution in [3.63, 3.8) is 0 Å². The van der Waals surface area contributed by atoms with Gasteiger partial charge in [-0.2, -0.15) is 0 Å². The largest absolute Gasteiger partial charge is 0.396 e. The fourth-order valence-electron chi connectivity index (χ4n) is 0.917. The molecular formula is C8H18O2. The van der Waals surface area contributed by atoms with Crippen LogP contribution in [0.1, 0.15) is 27.2 Å². The molecule has 0 rings (SSSR count). The van der Waals surface area contributed by atoms with Gasteiger partial charge in [-0.15, -0.1) is 0 Å². The molecule has 0 spiro atoms. The molecule has 0 saturated carbocycles. The average molecular weight is 146 g/mol. The molecule has 0 fully saturated rings. The average Bonchev–Trinajstić information content (AvgIpc) is 2.00. The second-order valence-corrected chi connectivity index (χ2v) is 2.99. The molecule has 1 unspecified atom stereocenters. The van der Waals surface area contributed by atoms with Crippen LogP contribution in [0.15, 0.2) is 0 Å². The number of hydrogen-bond acceptors (Lipinski definition) is 2. The quantitative estimate of drug-likeness (QED) is 0.621. The topological polar surface area (TPSA) is 40.5 Å². The molecule has 0 aromatic heterocycles. The molecule has 0 heterocycles. The molecule has 2 N–H and O–H groups in total. The molecule has 2 heteroatoms. The van der Waals surface area contributed by atoms with Crippen LogP contribution >= 0.6 is 0 Å². The third-order valence-corrected chi connectivity index (χ3v) is 2.21. The van der Waals surface area contributed by atoms with Gasteiger partial charge in [-0.1, -0.05) is 20.8 Å². The third kappa shape index (κ3) is 2.67. The lowest BCUT2D eigenvalue weighted by molar-refractivity contribution is 0.0621. The van der Waals surface area contributed by atoms with E-state index in [0.717, 1.165) is 6.42 Å². The van der Waals surface area contributed by atoms with E-state index in [4.69, 9.17) is 5.11 Å². The van der Waals surface area contributed by atoms with E-state index in [9.17, 15) is 5.11 Å². The first-order valence-corrected chi connectivity index (χ1v) is 3.92. The van der Waals surface area contributed by atoms with Crippen molar-refractivity contribution in [1.29, 1.82) is 0 Å². The van der Waals surface area contributed by atoms with Crippen LogP contribution in [0.25, 0.3) is 0 Å². The Morgan fingerprint density at radius 2 is 1.80 bits per heavy atom. The minimum Gasteiger partial charge on any atom is -0.396 e. The van der Waals surface area contributed by atoms with Gasteiger partial charge in [-0.25, -0.2) is 0 Å². The number of rotatable bonds is 4. The molecule has 3 atom stereocenters. The first kappa shape index (κ1) is 9.92. The summed E-state index contributed by atoms with van der Waals surface area (Å²) in [7, 11) is 0. The van der Waals surface area contributed by atoms with Gasteiger partial charge in [0.15, 0.2) is 0 Å². The summed E-state index contributed by atoms with van der Waals surface area (Å²) in [6.45, 7) is 6.03. The SMILES string of the molecule is CC[C@H](O)[C@H](C)C(C)CO. The van der Waals surface area contributed by atoms with Crippen molar-refractivity contribution < 1.29 is 10.2 Å². The van der Waals surface area contributed by atoms with Crippen LogP contribution in [-0.4, -0.2) is 22.9 Å².